The summed E-state index contributed by atoms with van der Waals surface area (Å²) in [4.78, 5) is 16.7. The number of nitrogens with zero attached hydrogens (tertiary/aromatic N) is 1. The minimum absolute atomic E-state index is 0.109. The average Bonchev–Trinajstić information content (AvgIpc) is 2.89. The molecule has 88 valence electrons. The second-order valence-corrected chi connectivity index (χ2v) is 4.34. The molecule has 1 aromatic heterocycles. The van der Waals surface area contributed by atoms with Crippen LogP contribution in [0.15, 0.2) is 36.0 Å². The van der Waals surface area contributed by atoms with Crippen LogP contribution >= 0.6 is 11.3 Å². The first-order chi connectivity index (χ1) is 8.29. The first-order valence-corrected chi connectivity index (χ1v) is 5.90. The summed E-state index contributed by atoms with van der Waals surface area (Å²) in [6.07, 6.45) is 1.74. The van der Waals surface area contributed by atoms with Gasteiger partial charge in [0.2, 0.25) is 0 Å². The van der Waals surface area contributed by atoms with Crippen molar-refractivity contribution < 1.29 is 4.79 Å². The summed E-state index contributed by atoms with van der Waals surface area (Å²) in [5, 5.41) is 2.82. The van der Waals surface area contributed by atoms with E-state index in [9.17, 15) is 4.79 Å². The molecule has 0 atom stereocenters. The summed E-state index contributed by atoms with van der Waals surface area (Å²) in [7, 11) is 0. The number of carbonyl (C=O) groups is 1. The Labute approximate surface area is 103 Å². The predicted molar refractivity (Wildman–Crippen MR) is 67.5 cm³/mol. The maximum Gasteiger partial charge on any atom is 0.251 e. The number of carbonyl (C=O) groups excluding carboxylic acids is 1. The Kier molecular flexibility index (Phi) is 3.69. The van der Waals surface area contributed by atoms with Crippen molar-refractivity contribution in [3.63, 3.8) is 0 Å². The summed E-state index contributed by atoms with van der Waals surface area (Å²) >= 11 is 1.51. The van der Waals surface area contributed by atoms with Gasteiger partial charge < -0.3 is 10.7 Å². The van der Waals surface area contributed by atoms with Crippen LogP contribution in [0, 0.1) is 0 Å². The van der Waals surface area contributed by atoms with Gasteiger partial charge in [-0.25, -0.2) is 0 Å². The number of benzene rings is 1. The smallest absolute Gasteiger partial charge is 0.251 e. The van der Waals surface area contributed by atoms with Crippen LogP contribution in [0.2, 0.25) is 0 Å². The number of thiazole rings is 1. The van der Waals surface area contributed by atoms with E-state index in [1.54, 1.807) is 36.0 Å². The monoisotopic (exact) mass is 248 g/mol. The molecule has 2 rings (SSSR count). The highest BCUT2D eigenvalue weighted by molar-refractivity contribution is 7.09. The summed E-state index contributed by atoms with van der Waals surface area (Å²) < 4.78 is 0. The van der Waals surface area contributed by atoms with Crippen LogP contribution in [-0.2, 0) is 6.54 Å². The molecule has 4 N–H and O–H groups in total. The number of hydrogen-bond donors (Lipinski definition) is 3. The molecule has 0 aliphatic heterocycles. The van der Waals surface area contributed by atoms with E-state index in [0.717, 1.165) is 10.6 Å². The van der Waals surface area contributed by atoms with Crippen molar-refractivity contribution in [2.45, 2.75) is 6.54 Å². The minimum Gasteiger partial charge on any atom is -0.347 e. The number of aromatic nitrogens is 1. The number of rotatable bonds is 4. The Balaban J connectivity index is 1.95. The number of anilines is 1. The molecule has 0 saturated carbocycles. The molecule has 0 aliphatic rings. The van der Waals surface area contributed by atoms with Gasteiger partial charge in [-0.15, -0.1) is 11.3 Å². The zero-order valence-corrected chi connectivity index (χ0v) is 9.83. The Morgan fingerprint density at radius 2 is 2.12 bits per heavy atom. The molecule has 1 amide bonds. The molecule has 0 spiro atoms. The third kappa shape index (κ3) is 3.02. The topological polar surface area (TPSA) is 80.0 Å². The molecule has 2 aromatic rings. The fourth-order valence-corrected chi connectivity index (χ4v) is 1.85. The van der Waals surface area contributed by atoms with Gasteiger partial charge in [0.05, 0.1) is 12.1 Å². The predicted octanol–water partition coefficient (Wildman–Crippen LogP) is 1.36. The van der Waals surface area contributed by atoms with Gasteiger partial charge in [0, 0.05) is 22.3 Å². The van der Waals surface area contributed by atoms with Gasteiger partial charge in [0.15, 0.2) is 0 Å². The molecule has 17 heavy (non-hydrogen) atoms. The Morgan fingerprint density at radius 3 is 2.71 bits per heavy atom. The number of amides is 1. The van der Waals surface area contributed by atoms with Gasteiger partial charge in [-0.3, -0.25) is 15.6 Å². The molecular weight excluding hydrogens is 236 g/mol. The van der Waals surface area contributed by atoms with Gasteiger partial charge in [-0.05, 0) is 24.3 Å². The van der Waals surface area contributed by atoms with E-state index in [-0.39, 0.29) is 5.91 Å². The lowest BCUT2D eigenvalue weighted by molar-refractivity contribution is 0.0951. The van der Waals surface area contributed by atoms with Crippen molar-refractivity contribution in [3.05, 3.63) is 46.4 Å². The number of nitrogens with two attached hydrogens (primary N) is 1. The van der Waals surface area contributed by atoms with E-state index >= 15 is 0 Å². The Morgan fingerprint density at radius 1 is 1.35 bits per heavy atom. The van der Waals surface area contributed by atoms with E-state index in [0.29, 0.717) is 12.1 Å². The fraction of sp³-hybridized carbons (Fsp3) is 0.0909. The second-order valence-electron chi connectivity index (χ2n) is 3.37. The first kappa shape index (κ1) is 11.6. The number of nitrogen functional groups attached to an aromatic ring is 1. The Bertz CT molecular complexity index is 481. The van der Waals surface area contributed by atoms with Gasteiger partial charge in [0.25, 0.3) is 5.91 Å². The molecule has 6 heteroatoms. The summed E-state index contributed by atoms with van der Waals surface area (Å²) in [6.45, 7) is 0.500. The highest BCUT2D eigenvalue weighted by atomic mass is 32.1. The molecule has 1 heterocycles. The average molecular weight is 248 g/mol. The summed E-state index contributed by atoms with van der Waals surface area (Å²) in [5.41, 5.74) is 5.62. The largest absolute Gasteiger partial charge is 0.347 e. The van der Waals surface area contributed by atoms with Gasteiger partial charge in [-0.2, -0.15) is 0 Å². The molecule has 0 saturated heterocycles. The highest BCUT2D eigenvalue weighted by Gasteiger charge is 2.05. The lowest BCUT2D eigenvalue weighted by Gasteiger charge is -2.04. The van der Waals surface area contributed by atoms with Gasteiger partial charge in [0.1, 0.15) is 0 Å². The summed E-state index contributed by atoms with van der Waals surface area (Å²) in [5.74, 6) is 5.13. The molecular formula is C11H12N4OS. The van der Waals surface area contributed by atoms with Crippen LogP contribution in [0.5, 0.6) is 0 Å². The van der Waals surface area contributed by atoms with Crippen molar-refractivity contribution in [3.8, 4) is 0 Å². The van der Waals surface area contributed by atoms with Crippen LogP contribution in [0.4, 0.5) is 5.69 Å². The van der Waals surface area contributed by atoms with Crippen LogP contribution in [0.1, 0.15) is 15.2 Å². The fourth-order valence-electron chi connectivity index (χ4n) is 1.32. The molecule has 1 aromatic carbocycles. The molecule has 0 fully saturated rings. The summed E-state index contributed by atoms with van der Waals surface area (Å²) in [6, 6.07) is 6.94. The molecule has 0 unspecified atom stereocenters. The molecule has 0 aliphatic carbocycles. The maximum absolute atomic E-state index is 11.8. The zero-order chi connectivity index (χ0) is 12.1. The minimum atomic E-state index is -0.109. The molecule has 0 bridgehead atoms. The Hall–Kier alpha value is -1.92. The van der Waals surface area contributed by atoms with E-state index in [2.05, 4.69) is 15.7 Å². The lowest BCUT2D eigenvalue weighted by atomic mass is 10.2. The number of hydrazine groups is 1. The van der Waals surface area contributed by atoms with Gasteiger partial charge in [-0.1, -0.05) is 0 Å². The SMILES string of the molecule is NNc1ccc(C(=O)NCc2cncs2)cc1. The quantitative estimate of drug-likeness (QED) is 0.564. The van der Waals surface area contributed by atoms with Crippen molar-refractivity contribution in [1.29, 1.82) is 0 Å². The molecule has 0 radical (unpaired) electrons. The zero-order valence-electron chi connectivity index (χ0n) is 9.01. The van der Waals surface area contributed by atoms with E-state index in [1.165, 1.54) is 11.3 Å². The standard InChI is InChI=1S/C11H12N4OS/c12-15-9-3-1-8(2-4-9)11(16)14-6-10-5-13-7-17-10/h1-5,7,15H,6,12H2,(H,14,16). The van der Waals surface area contributed by atoms with Crippen LogP contribution in [0.25, 0.3) is 0 Å². The van der Waals surface area contributed by atoms with Crippen LogP contribution in [-0.4, -0.2) is 10.9 Å². The number of hydrogen-bond acceptors (Lipinski definition) is 5. The van der Waals surface area contributed by atoms with Gasteiger partial charge >= 0.3 is 0 Å². The second kappa shape index (κ2) is 5.42. The van der Waals surface area contributed by atoms with Crippen LogP contribution in [0.3, 0.4) is 0 Å². The van der Waals surface area contributed by atoms with Crippen molar-refractivity contribution in [2.24, 2.45) is 5.84 Å². The number of nitrogens with one attached hydrogen (secondary N) is 2. The first-order valence-electron chi connectivity index (χ1n) is 5.02. The van der Waals surface area contributed by atoms with Crippen molar-refractivity contribution >= 4 is 22.9 Å². The lowest BCUT2D eigenvalue weighted by Crippen LogP contribution is -2.22. The van der Waals surface area contributed by atoms with Crippen molar-refractivity contribution in [1.82, 2.24) is 10.3 Å². The molecule has 5 nitrogen and oxygen atoms in total. The third-order valence-electron chi connectivity index (χ3n) is 2.22. The van der Waals surface area contributed by atoms with Crippen molar-refractivity contribution in [2.75, 3.05) is 5.43 Å². The third-order valence-corrected chi connectivity index (χ3v) is 3.00. The van der Waals surface area contributed by atoms with Crippen LogP contribution < -0.4 is 16.6 Å². The maximum atomic E-state index is 11.8. The normalized spacial score (nSPS) is 9.94. The van der Waals surface area contributed by atoms with E-state index in [1.807, 2.05) is 0 Å². The van der Waals surface area contributed by atoms with E-state index < -0.39 is 0 Å². The van der Waals surface area contributed by atoms with E-state index in [4.69, 9.17) is 5.84 Å². The highest BCUT2D eigenvalue weighted by Crippen LogP contribution is 2.09.